The van der Waals surface area contributed by atoms with E-state index in [0.717, 1.165) is 11.9 Å². The smallest absolute Gasteiger partial charge is 0.242 e. The van der Waals surface area contributed by atoms with Gasteiger partial charge in [0, 0.05) is 12.2 Å². The molecule has 0 saturated carbocycles. The zero-order valence-electron chi connectivity index (χ0n) is 12.5. The molecule has 3 rings (SSSR count). The van der Waals surface area contributed by atoms with Crippen molar-refractivity contribution in [1.29, 1.82) is 0 Å². The molecule has 1 aromatic carbocycles. The Kier molecular flexibility index (Phi) is 4.09. The third-order valence-corrected chi connectivity index (χ3v) is 4.97. The van der Waals surface area contributed by atoms with Crippen LogP contribution in [0.5, 0.6) is 0 Å². The lowest BCUT2D eigenvalue weighted by Crippen LogP contribution is -2.42. The van der Waals surface area contributed by atoms with Crippen LogP contribution in [0.2, 0.25) is 0 Å². The van der Waals surface area contributed by atoms with E-state index in [0.29, 0.717) is 25.1 Å². The first-order valence-corrected chi connectivity index (χ1v) is 8.91. The third-order valence-electron chi connectivity index (χ3n) is 3.68. The fourth-order valence-electron chi connectivity index (χ4n) is 2.60. The van der Waals surface area contributed by atoms with E-state index in [1.165, 1.54) is 15.3 Å². The summed E-state index contributed by atoms with van der Waals surface area (Å²) < 4.78 is 26.1. The van der Waals surface area contributed by atoms with Gasteiger partial charge in [-0.05, 0) is 47.5 Å². The van der Waals surface area contributed by atoms with E-state index in [9.17, 15) is 13.2 Å². The summed E-state index contributed by atoms with van der Waals surface area (Å²) in [7, 11) is -3.38. The van der Waals surface area contributed by atoms with Crippen molar-refractivity contribution in [2.24, 2.45) is 0 Å². The van der Waals surface area contributed by atoms with Crippen LogP contribution in [0.1, 0.15) is 12.8 Å². The van der Waals surface area contributed by atoms with Gasteiger partial charge in [-0.3, -0.25) is 4.79 Å². The monoisotopic (exact) mass is 336 g/mol. The van der Waals surface area contributed by atoms with E-state index in [-0.39, 0.29) is 5.91 Å². The zero-order chi connectivity index (χ0) is 16.4. The molecule has 0 radical (unpaired) electrons. The molecule has 1 amide bonds. The van der Waals surface area contributed by atoms with Gasteiger partial charge in [0.15, 0.2) is 0 Å². The second-order valence-electron chi connectivity index (χ2n) is 5.32. The summed E-state index contributed by atoms with van der Waals surface area (Å²) >= 11 is 0. The van der Waals surface area contributed by atoms with Crippen LogP contribution >= 0.6 is 0 Å². The summed E-state index contributed by atoms with van der Waals surface area (Å²) in [4.78, 5) is 12.3. The first kappa shape index (κ1) is 15.6. The van der Waals surface area contributed by atoms with Crippen molar-refractivity contribution >= 4 is 21.6 Å². The number of nitrogens with zero attached hydrogens (tertiary/aromatic N) is 5. The van der Waals surface area contributed by atoms with Crippen LogP contribution in [0.15, 0.2) is 30.6 Å². The second kappa shape index (κ2) is 6.05. The van der Waals surface area contributed by atoms with Gasteiger partial charge in [0.25, 0.3) is 0 Å². The van der Waals surface area contributed by atoms with Crippen molar-refractivity contribution in [2.75, 3.05) is 18.1 Å². The molecule has 122 valence electrons. The van der Waals surface area contributed by atoms with Gasteiger partial charge in [-0.1, -0.05) is 0 Å². The molecule has 2 aromatic rings. The molecular formula is C13H16N6O3S. The number of amides is 1. The van der Waals surface area contributed by atoms with E-state index in [4.69, 9.17) is 0 Å². The van der Waals surface area contributed by atoms with Crippen LogP contribution in [0.4, 0.5) is 5.69 Å². The molecule has 0 bridgehead atoms. The van der Waals surface area contributed by atoms with Gasteiger partial charge in [-0.15, -0.1) is 5.10 Å². The lowest BCUT2D eigenvalue weighted by Gasteiger charge is -2.21. The number of nitrogens with one attached hydrogen (secondary N) is 1. The molecule has 1 unspecified atom stereocenters. The molecule has 9 nitrogen and oxygen atoms in total. The van der Waals surface area contributed by atoms with Gasteiger partial charge in [-0.25, -0.2) is 13.1 Å². The van der Waals surface area contributed by atoms with E-state index in [1.807, 2.05) is 0 Å². The second-order valence-corrected chi connectivity index (χ2v) is 7.26. The number of anilines is 1. The number of hydrogen-bond acceptors (Lipinski definition) is 6. The van der Waals surface area contributed by atoms with E-state index in [1.54, 1.807) is 24.3 Å². The highest BCUT2D eigenvalue weighted by Gasteiger charge is 2.36. The fourth-order valence-corrected chi connectivity index (χ4v) is 3.73. The third kappa shape index (κ3) is 3.37. The van der Waals surface area contributed by atoms with Gasteiger partial charge >= 0.3 is 0 Å². The Bertz CT molecular complexity index is 788. The van der Waals surface area contributed by atoms with E-state index < -0.39 is 16.1 Å². The van der Waals surface area contributed by atoms with Crippen molar-refractivity contribution in [1.82, 2.24) is 24.5 Å². The van der Waals surface area contributed by atoms with E-state index >= 15 is 0 Å². The maximum absolute atomic E-state index is 12.3. The highest BCUT2D eigenvalue weighted by atomic mass is 32.2. The van der Waals surface area contributed by atoms with Crippen molar-refractivity contribution in [3.8, 4) is 5.69 Å². The summed E-state index contributed by atoms with van der Waals surface area (Å²) in [5.74, 6) is -0.317. The summed E-state index contributed by atoms with van der Waals surface area (Å²) in [5.41, 5.74) is 1.35. The minimum Gasteiger partial charge on any atom is -0.325 e. The average Bonchev–Trinajstić information content (AvgIpc) is 3.19. The molecule has 23 heavy (non-hydrogen) atoms. The van der Waals surface area contributed by atoms with Crippen molar-refractivity contribution in [3.63, 3.8) is 0 Å². The summed E-state index contributed by atoms with van der Waals surface area (Å²) in [6.07, 6.45) is 3.81. The van der Waals surface area contributed by atoms with Gasteiger partial charge < -0.3 is 5.32 Å². The fraction of sp³-hybridized carbons (Fsp3) is 0.385. The summed E-state index contributed by atoms with van der Waals surface area (Å²) in [6.45, 7) is 0.384. The maximum Gasteiger partial charge on any atom is 0.242 e. The van der Waals surface area contributed by atoms with Crippen LogP contribution < -0.4 is 5.32 Å². The van der Waals surface area contributed by atoms with Gasteiger partial charge in [0.05, 0.1) is 11.9 Å². The van der Waals surface area contributed by atoms with Crippen molar-refractivity contribution in [3.05, 3.63) is 30.6 Å². The van der Waals surface area contributed by atoms with Crippen molar-refractivity contribution < 1.29 is 13.2 Å². The highest BCUT2D eigenvalue weighted by molar-refractivity contribution is 7.88. The quantitative estimate of drug-likeness (QED) is 0.843. The van der Waals surface area contributed by atoms with Crippen LogP contribution in [-0.4, -0.2) is 57.7 Å². The Hall–Kier alpha value is -2.33. The number of benzene rings is 1. The Morgan fingerprint density at radius 2 is 2.04 bits per heavy atom. The molecule has 1 saturated heterocycles. The minimum absolute atomic E-state index is 0.317. The zero-order valence-corrected chi connectivity index (χ0v) is 13.3. The number of carbonyl (C=O) groups is 1. The Morgan fingerprint density at radius 3 is 2.65 bits per heavy atom. The molecule has 1 N–H and O–H groups in total. The van der Waals surface area contributed by atoms with E-state index in [2.05, 4.69) is 20.8 Å². The first-order chi connectivity index (χ1) is 10.9. The normalized spacial score (nSPS) is 18.9. The van der Waals surface area contributed by atoms with Crippen molar-refractivity contribution in [2.45, 2.75) is 18.9 Å². The lowest BCUT2D eigenvalue weighted by atomic mass is 10.2. The molecule has 2 heterocycles. The van der Waals surface area contributed by atoms with Gasteiger partial charge in [0.2, 0.25) is 15.9 Å². The SMILES string of the molecule is CS(=O)(=O)N1CCCC1C(=O)Nc1ccc(-n2cnnn2)cc1. The highest BCUT2D eigenvalue weighted by Crippen LogP contribution is 2.22. The maximum atomic E-state index is 12.3. The van der Waals surface area contributed by atoms with Crippen LogP contribution in [0, 0.1) is 0 Å². The molecule has 1 aromatic heterocycles. The topological polar surface area (TPSA) is 110 Å². The number of sulfonamides is 1. The molecule has 1 aliphatic rings. The lowest BCUT2D eigenvalue weighted by molar-refractivity contribution is -0.119. The predicted octanol–water partition coefficient (Wildman–Crippen LogP) is 0.0248. The van der Waals surface area contributed by atoms with Crippen LogP contribution in [-0.2, 0) is 14.8 Å². The van der Waals surface area contributed by atoms with Gasteiger partial charge in [0.1, 0.15) is 12.4 Å². The Balaban J connectivity index is 1.70. The van der Waals surface area contributed by atoms with Crippen LogP contribution in [0.25, 0.3) is 5.69 Å². The number of hydrogen-bond donors (Lipinski definition) is 1. The summed E-state index contributed by atoms with van der Waals surface area (Å²) in [6, 6.07) is 6.30. The van der Waals surface area contributed by atoms with Gasteiger partial charge in [-0.2, -0.15) is 4.31 Å². The number of tetrazole rings is 1. The Labute approximate surface area is 133 Å². The number of rotatable bonds is 4. The van der Waals surface area contributed by atoms with Crippen LogP contribution in [0.3, 0.4) is 0 Å². The number of carbonyl (C=O) groups excluding carboxylic acids is 1. The molecule has 0 aliphatic carbocycles. The predicted molar refractivity (Wildman–Crippen MR) is 82.4 cm³/mol. The molecule has 0 spiro atoms. The Morgan fingerprint density at radius 1 is 1.30 bits per heavy atom. The average molecular weight is 336 g/mol. The largest absolute Gasteiger partial charge is 0.325 e. The first-order valence-electron chi connectivity index (χ1n) is 7.06. The molecule has 1 atom stereocenters. The molecule has 10 heteroatoms. The molecule has 1 fully saturated rings. The molecule has 1 aliphatic heterocycles. The summed E-state index contributed by atoms with van der Waals surface area (Å²) in [5, 5.41) is 13.6. The number of aromatic nitrogens is 4. The molecular weight excluding hydrogens is 320 g/mol. The minimum atomic E-state index is -3.38. The standard InChI is InChI=1S/C13H16N6O3S/c1-23(21,22)19-8-2-3-12(19)13(20)15-10-4-6-11(7-5-10)18-9-14-16-17-18/h4-7,9,12H,2-3,8H2,1H3,(H,15,20).